The first kappa shape index (κ1) is 11.6. The first-order valence-electron chi connectivity index (χ1n) is 2.86. The molecule has 0 unspecified atom stereocenters. The van der Waals surface area contributed by atoms with E-state index in [4.69, 9.17) is 11.5 Å². The Morgan fingerprint density at radius 3 is 1.44 bits per heavy atom. The normalized spacial score (nSPS) is 8.00. The summed E-state index contributed by atoms with van der Waals surface area (Å²) in [5.41, 5.74) is 10.3. The average molecular weight is 135 g/mol. The first-order chi connectivity index (χ1) is 4.41. The van der Waals surface area contributed by atoms with Crippen LogP contribution in [0.25, 0.3) is 0 Å². The molecule has 0 bridgehead atoms. The average Bonchev–Trinajstić information content (AvgIpc) is 1.94. The minimum atomic E-state index is 0.694. The van der Waals surface area contributed by atoms with E-state index in [9.17, 15) is 0 Å². The van der Waals surface area contributed by atoms with Crippen molar-refractivity contribution in [2.45, 2.75) is 0 Å². The van der Waals surface area contributed by atoms with Gasteiger partial charge < -0.3 is 16.8 Å². The van der Waals surface area contributed by atoms with Crippen LogP contribution in [0.4, 0.5) is 0 Å². The van der Waals surface area contributed by atoms with E-state index in [2.05, 4.69) is 17.0 Å². The fourth-order valence-electron chi connectivity index (χ4n) is 0.329. The van der Waals surface area contributed by atoms with Crippen LogP contribution in [0, 0.1) is 0 Å². The van der Waals surface area contributed by atoms with Gasteiger partial charge in [0, 0.05) is 26.2 Å². The Hall–Kier alpha value is -0.200. The van der Waals surface area contributed by atoms with Gasteiger partial charge >= 0.3 is 0 Å². The lowest BCUT2D eigenvalue weighted by molar-refractivity contribution is 0.696. The molecule has 0 aliphatic heterocycles. The van der Waals surface area contributed by atoms with Crippen molar-refractivity contribution in [2.75, 3.05) is 26.2 Å². The molecule has 0 spiro atoms. The molecule has 5 heteroatoms. The SMILES string of the molecule is NCCNCCN.NN. The van der Waals surface area contributed by atoms with E-state index in [-0.39, 0.29) is 0 Å². The Labute approximate surface area is 55.7 Å². The summed E-state index contributed by atoms with van der Waals surface area (Å²) in [4.78, 5) is 0. The topological polar surface area (TPSA) is 116 Å². The summed E-state index contributed by atoms with van der Waals surface area (Å²) < 4.78 is 0. The van der Waals surface area contributed by atoms with Gasteiger partial charge in [-0.2, -0.15) is 0 Å². The van der Waals surface area contributed by atoms with Crippen LogP contribution in [0.15, 0.2) is 0 Å². The largest absolute Gasteiger partial charge is 0.329 e. The maximum absolute atomic E-state index is 5.17. The second-order valence-electron chi connectivity index (χ2n) is 1.33. The van der Waals surface area contributed by atoms with Crippen molar-refractivity contribution < 1.29 is 0 Å². The van der Waals surface area contributed by atoms with Gasteiger partial charge in [-0.05, 0) is 0 Å². The highest BCUT2D eigenvalue weighted by molar-refractivity contribution is 4.45. The zero-order valence-electron chi connectivity index (χ0n) is 5.64. The monoisotopic (exact) mass is 135 g/mol. The van der Waals surface area contributed by atoms with Crippen LogP contribution >= 0.6 is 0 Å². The summed E-state index contributed by atoms with van der Waals surface area (Å²) >= 11 is 0. The lowest BCUT2D eigenvalue weighted by Gasteiger charge is -1.95. The predicted molar refractivity (Wildman–Crippen MR) is 39.4 cm³/mol. The summed E-state index contributed by atoms with van der Waals surface area (Å²) in [7, 11) is 0. The molecule has 0 aliphatic carbocycles. The van der Waals surface area contributed by atoms with Crippen LogP contribution in [0.3, 0.4) is 0 Å². The van der Waals surface area contributed by atoms with E-state index < -0.39 is 0 Å². The van der Waals surface area contributed by atoms with Crippen molar-refractivity contribution >= 4 is 0 Å². The molecule has 0 atom stereocenters. The van der Waals surface area contributed by atoms with Gasteiger partial charge in [-0.3, -0.25) is 11.7 Å². The number of hydrogen-bond donors (Lipinski definition) is 5. The maximum Gasteiger partial charge on any atom is 0.00750 e. The van der Waals surface area contributed by atoms with Gasteiger partial charge in [0.25, 0.3) is 0 Å². The van der Waals surface area contributed by atoms with Crippen LogP contribution in [-0.4, -0.2) is 26.2 Å². The van der Waals surface area contributed by atoms with E-state index >= 15 is 0 Å². The Morgan fingerprint density at radius 2 is 1.22 bits per heavy atom. The van der Waals surface area contributed by atoms with Crippen molar-refractivity contribution in [1.82, 2.24) is 5.32 Å². The summed E-state index contributed by atoms with van der Waals surface area (Å²) in [6.45, 7) is 3.13. The summed E-state index contributed by atoms with van der Waals surface area (Å²) in [6, 6.07) is 0. The lowest BCUT2D eigenvalue weighted by atomic mass is 10.6. The molecule has 0 fully saturated rings. The van der Waals surface area contributed by atoms with Gasteiger partial charge in [0.05, 0.1) is 0 Å². The minimum absolute atomic E-state index is 0.694. The molecule has 0 aromatic rings. The van der Waals surface area contributed by atoms with Gasteiger partial charge in [0.2, 0.25) is 0 Å². The van der Waals surface area contributed by atoms with Crippen LogP contribution in [-0.2, 0) is 0 Å². The third kappa shape index (κ3) is 18.2. The molecule has 0 rings (SSSR count). The second kappa shape index (κ2) is 15.7. The fraction of sp³-hybridized carbons (Fsp3) is 1.00. The molecule has 9 heavy (non-hydrogen) atoms. The number of nitrogens with one attached hydrogen (secondary N) is 1. The second-order valence-corrected chi connectivity index (χ2v) is 1.33. The third-order valence-corrected chi connectivity index (χ3v) is 0.642. The maximum atomic E-state index is 5.17. The Balaban J connectivity index is 0. The van der Waals surface area contributed by atoms with Crippen LogP contribution in [0.2, 0.25) is 0 Å². The molecule has 9 N–H and O–H groups in total. The first-order valence-corrected chi connectivity index (χ1v) is 2.86. The molecule has 0 aliphatic rings. The smallest absolute Gasteiger partial charge is 0.00750 e. The molecule has 0 heterocycles. The highest BCUT2D eigenvalue weighted by Crippen LogP contribution is 1.49. The van der Waals surface area contributed by atoms with Crippen molar-refractivity contribution in [3.8, 4) is 0 Å². The molecular weight excluding hydrogens is 118 g/mol. The lowest BCUT2D eigenvalue weighted by Crippen LogP contribution is -2.27. The number of hydrazine groups is 1. The molecule has 0 amide bonds. The van der Waals surface area contributed by atoms with Crippen molar-refractivity contribution in [1.29, 1.82) is 0 Å². The fourth-order valence-corrected chi connectivity index (χ4v) is 0.329. The zero-order chi connectivity index (χ0) is 7.54. The highest BCUT2D eigenvalue weighted by Gasteiger charge is 1.76. The molecule has 5 nitrogen and oxygen atoms in total. The predicted octanol–water partition coefficient (Wildman–Crippen LogP) is -2.69. The van der Waals surface area contributed by atoms with Crippen LogP contribution in [0.5, 0.6) is 0 Å². The van der Waals surface area contributed by atoms with Crippen molar-refractivity contribution in [2.24, 2.45) is 23.2 Å². The van der Waals surface area contributed by atoms with Gasteiger partial charge in [0.1, 0.15) is 0 Å². The Kier molecular flexibility index (Phi) is 20.1. The van der Waals surface area contributed by atoms with E-state index in [1.165, 1.54) is 0 Å². The Bertz CT molecular complexity index is 28.1. The van der Waals surface area contributed by atoms with Gasteiger partial charge in [-0.1, -0.05) is 0 Å². The van der Waals surface area contributed by atoms with E-state index in [0.29, 0.717) is 13.1 Å². The number of hydrogen-bond acceptors (Lipinski definition) is 5. The highest BCUT2D eigenvalue weighted by atomic mass is 15.0. The number of nitrogens with two attached hydrogens (primary N) is 4. The molecule has 0 radical (unpaired) electrons. The molecule has 0 aromatic heterocycles. The molecule has 0 aromatic carbocycles. The molecule has 0 saturated carbocycles. The van der Waals surface area contributed by atoms with Gasteiger partial charge in [-0.15, -0.1) is 0 Å². The van der Waals surface area contributed by atoms with E-state index in [0.717, 1.165) is 13.1 Å². The van der Waals surface area contributed by atoms with Gasteiger partial charge in [-0.25, -0.2) is 0 Å². The van der Waals surface area contributed by atoms with Crippen molar-refractivity contribution in [3.05, 3.63) is 0 Å². The Morgan fingerprint density at radius 1 is 0.889 bits per heavy atom. The van der Waals surface area contributed by atoms with E-state index in [1.54, 1.807) is 0 Å². The summed E-state index contributed by atoms with van der Waals surface area (Å²) in [5, 5.41) is 3.03. The van der Waals surface area contributed by atoms with E-state index in [1.807, 2.05) is 0 Å². The van der Waals surface area contributed by atoms with Crippen LogP contribution < -0.4 is 28.5 Å². The zero-order valence-corrected chi connectivity index (χ0v) is 5.64. The third-order valence-electron chi connectivity index (χ3n) is 0.642. The molecular formula is C4H17N5. The van der Waals surface area contributed by atoms with Gasteiger partial charge in [0.15, 0.2) is 0 Å². The quantitative estimate of drug-likeness (QED) is 0.163. The molecule has 58 valence electrons. The summed E-state index contributed by atoms with van der Waals surface area (Å²) in [5.74, 6) is 8.00. The summed E-state index contributed by atoms with van der Waals surface area (Å²) in [6.07, 6.45) is 0. The molecule has 0 saturated heterocycles. The standard InChI is InChI=1S/C4H13N3.H4N2/c5-1-3-7-4-2-6;1-2/h7H,1-6H2;1-2H2. The number of rotatable bonds is 4. The van der Waals surface area contributed by atoms with Crippen LogP contribution in [0.1, 0.15) is 0 Å². The minimum Gasteiger partial charge on any atom is -0.329 e. The van der Waals surface area contributed by atoms with Crippen molar-refractivity contribution in [3.63, 3.8) is 0 Å².